The van der Waals surface area contributed by atoms with Crippen molar-refractivity contribution in [3.8, 4) is 0 Å². The standard InChI is InChI=1S/C14H20N4O/c1-3-10(2)17-13(19)9-18-8-11(7-15)12-5-4-6-16-14(12)18/h4-6,8,10H,3,7,9,15H2,1-2H3,(H,17,19). The molecule has 0 saturated heterocycles. The zero-order valence-electron chi connectivity index (χ0n) is 11.4. The lowest BCUT2D eigenvalue weighted by molar-refractivity contribution is -0.122. The molecule has 0 aliphatic rings. The van der Waals surface area contributed by atoms with Gasteiger partial charge in [-0.25, -0.2) is 4.98 Å². The lowest BCUT2D eigenvalue weighted by atomic mass is 10.2. The molecular formula is C14H20N4O. The van der Waals surface area contributed by atoms with Crippen molar-refractivity contribution in [2.24, 2.45) is 5.73 Å². The van der Waals surface area contributed by atoms with Crippen molar-refractivity contribution in [1.82, 2.24) is 14.9 Å². The number of nitrogens with zero attached hydrogens (tertiary/aromatic N) is 2. The van der Waals surface area contributed by atoms with Gasteiger partial charge in [0.1, 0.15) is 12.2 Å². The Bertz CT molecular complexity index is 576. The Morgan fingerprint density at radius 1 is 1.58 bits per heavy atom. The molecule has 0 aliphatic heterocycles. The van der Waals surface area contributed by atoms with Crippen LogP contribution >= 0.6 is 0 Å². The minimum Gasteiger partial charge on any atom is -0.352 e. The van der Waals surface area contributed by atoms with E-state index in [2.05, 4.69) is 10.3 Å². The Hall–Kier alpha value is -1.88. The zero-order valence-corrected chi connectivity index (χ0v) is 11.4. The Kier molecular flexibility index (Phi) is 4.16. The molecule has 1 unspecified atom stereocenters. The highest BCUT2D eigenvalue weighted by Crippen LogP contribution is 2.18. The monoisotopic (exact) mass is 260 g/mol. The van der Waals surface area contributed by atoms with Gasteiger partial charge in [0, 0.05) is 30.4 Å². The summed E-state index contributed by atoms with van der Waals surface area (Å²) in [6.45, 7) is 4.76. The number of fused-ring (bicyclic) bond motifs is 1. The van der Waals surface area contributed by atoms with Crippen LogP contribution in [0.2, 0.25) is 0 Å². The molecule has 0 aliphatic carbocycles. The van der Waals surface area contributed by atoms with E-state index in [-0.39, 0.29) is 18.5 Å². The number of hydrogen-bond donors (Lipinski definition) is 2. The normalized spacial score (nSPS) is 12.6. The van der Waals surface area contributed by atoms with Crippen LogP contribution in [0.5, 0.6) is 0 Å². The molecule has 5 nitrogen and oxygen atoms in total. The second-order valence-electron chi connectivity index (χ2n) is 4.74. The zero-order chi connectivity index (χ0) is 13.8. The fourth-order valence-electron chi connectivity index (χ4n) is 2.06. The number of hydrogen-bond acceptors (Lipinski definition) is 3. The van der Waals surface area contributed by atoms with E-state index in [0.717, 1.165) is 23.0 Å². The van der Waals surface area contributed by atoms with E-state index in [0.29, 0.717) is 6.54 Å². The van der Waals surface area contributed by atoms with Crippen LogP contribution in [0.3, 0.4) is 0 Å². The molecular weight excluding hydrogens is 240 g/mol. The van der Waals surface area contributed by atoms with Crippen LogP contribution in [0, 0.1) is 0 Å². The van der Waals surface area contributed by atoms with Gasteiger partial charge in [-0.05, 0) is 31.0 Å². The minimum absolute atomic E-state index is 0.000439. The molecule has 1 amide bonds. The van der Waals surface area contributed by atoms with Gasteiger partial charge in [0.2, 0.25) is 5.91 Å². The number of nitrogens with two attached hydrogens (primary N) is 1. The van der Waals surface area contributed by atoms with E-state index in [4.69, 9.17) is 5.73 Å². The maximum Gasteiger partial charge on any atom is 0.240 e. The number of amides is 1. The molecule has 0 radical (unpaired) electrons. The lowest BCUT2D eigenvalue weighted by Crippen LogP contribution is -2.34. The third-order valence-corrected chi connectivity index (χ3v) is 3.27. The first-order valence-corrected chi connectivity index (χ1v) is 6.57. The molecule has 0 spiro atoms. The molecule has 19 heavy (non-hydrogen) atoms. The summed E-state index contributed by atoms with van der Waals surface area (Å²) in [4.78, 5) is 16.3. The third kappa shape index (κ3) is 2.93. The van der Waals surface area contributed by atoms with E-state index < -0.39 is 0 Å². The van der Waals surface area contributed by atoms with E-state index in [1.807, 2.05) is 36.7 Å². The van der Waals surface area contributed by atoms with Gasteiger partial charge in [-0.3, -0.25) is 4.79 Å². The van der Waals surface area contributed by atoms with E-state index in [1.165, 1.54) is 0 Å². The summed E-state index contributed by atoms with van der Waals surface area (Å²) < 4.78 is 1.86. The topological polar surface area (TPSA) is 72.9 Å². The average Bonchev–Trinajstić information content (AvgIpc) is 2.77. The molecule has 3 N–H and O–H groups in total. The summed E-state index contributed by atoms with van der Waals surface area (Å²) in [5.74, 6) is 0.000439. The van der Waals surface area contributed by atoms with Gasteiger partial charge in [-0.15, -0.1) is 0 Å². The summed E-state index contributed by atoms with van der Waals surface area (Å²) >= 11 is 0. The van der Waals surface area contributed by atoms with Crippen molar-refractivity contribution in [2.45, 2.75) is 39.4 Å². The number of aromatic nitrogens is 2. The molecule has 2 rings (SSSR count). The van der Waals surface area contributed by atoms with Gasteiger partial charge < -0.3 is 15.6 Å². The first-order chi connectivity index (χ1) is 9.15. The molecule has 0 fully saturated rings. The van der Waals surface area contributed by atoms with Crippen molar-refractivity contribution in [1.29, 1.82) is 0 Å². The quantitative estimate of drug-likeness (QED) is 0.853. The van der Waals surface area contributed by atoms with Crippen LogP contribution < -0.4 is 11.1 Å². The van der Waals surface area contributed by atoms with Crippen molar-refractivity contribution in [3.63, 3.8) is 0 Å². The molecule has 2 aromatic heterocycles. The molecule has 1 atom stereocenters. The Morgan fingerprint density at radius 2 is 2.37 bits per heavy atom. The van der Waals surface area contributed by atoms with Crippen LogP contribution in [0.1, 0.15) is 25.8 Å². The van der Waals surface area contributed by atoms with Crippen molar-refractivity contribution < 1.29 is 4.79 Å². The van der Waals surface area contributed by atoms with Gasteiger partial charge in [-0.2, -0.15) is 0 Å². The number of rotatable bonds is 5. The largest absolute Gasteiger partial charge is 0.352 e. The van der Waals surface area contributed by atoms with Crippen molar-refractivity contribution >= 4 is 16.9 Å². The van der Waals surface area contributed by atoms with Gasteiger partial charge in [0.15, 0.2) is 0 Å². The predicted molar refractivity (Wildman–Crippen MR) is 75.5 cm³/mol. The maximum absolute atomic E-state index is 11.9. The molecule has 2 aromatic rings. The number of pyridine rings is 1. The Labute approximate surface area is 112 Å². The van der Waals surface area contributed by atoms with Crippen LogP contribution in [-0.2, 0) is 17.9 Å². The van der Waals surface area contributed by atoms with E-state index in [9.17, 15) is 4.79 Å². The number of carbonyl (C=O) groups excluding carboxylic acids is 1. The van der Waals surface area contributed by atoms with Crippen molar-refractivity contribution in [3.05, 3.63) is 30.1 Å². The highest BCUT2D eigenvalue weighted by atomic mass is 16.2. The molecule has 102 valence electrons. The first-order valence-electron chi connectivity index (χ1n) is 6.57. The van der Waals surface area contributed by atoms with Gasteiger partial charge in [-0.1, -0.05) is 6.92 Å². The molecule has 0 saturated carbocycles. The Balaban J connectivity index is 2.23. The fraction of sp³-hybridized carbons (Fsp3) is 0.429. The SMILES string of the molecule is CCC(C)NC(=O)Cn1cc(CN)c2cccnc21. The average molecular weight is 260 g/mol. The second-order valence-corrected chi connectivity index (χ2v) is 4.74. The van der Waals surface area contributed by atoms with Crippen LogP contribution in [0.15, 0.2) is 24.5 Å². The molecule has 0 aromatic carbocycles. The highest BCUT2D eigenvalue weighted by Gasteiger charge is 2.12. The summed E-state index contributed by atoms with van der Waals surface area (Å²) in [7, 11) is 0. The van der Waals surface area contributed by atoms with Crippen LogP contribution in [-0.4, -0.2) is 21.5 Å². The lowest BCUT2D eigenvalue weighted by Gasteiger charge is -2.11. The number of nitrogens with one attached hydrogen (secondary N) is 1. The van der Waals surface area contributed by atoms with Gasteiger partial charge >= 0.3 is 0 Å². The number of carbonyl (C=O) groups is 1. The fourth-order valence-corrected chi connectivity index (χ4v) is 2.06. The first kappa shape index (κ1) is 13.5. The van der Waals surface area contributed by atoms with E-state index >= 15 is 0 Å². The van der Waals surface area contributed by atoms with E-state index in [1.54, 1.807) is 6.20 Å². The smallest absolute Gasteiger partial charge is 0.240 e. The maximum atomic E-state index is 11.9. The minimum atomic E-state index is 0.000439. The Morgan fingerprint density at radius 3 is 3.05 bits per heavy atom. The van der Waals surface area contributed by atoms with Crippen LogP contribution in [0.25, 0.3) is 11.0 Å². The third-order valence-electron chi connectivity index (χ3n) is 3.27. The summed E-state index contributed by atoms with van der Waals surface area (Å²) in [6.07, 6.45) is 4.56. The predicted octanol–water partition coefficient (Wildman–Crippen LogP) is 1.41. The summed E-state index contributed by atoms with van der Waals surface area (Å²) in [6, 6.07) is 4.05. The molecule has 0 bridgehead atoms. The van der Waals surface area contributed by atoms with Crippen molar-refractivity contribution in [2.75, 3.05) is 0 Å². The molecule has 5 heteroatoms. The summed E-state index contributed by atoms with van der Waals surface area (Å²) in [5.41, 5.74) is 7.54. The van der Waals surface area contributed by atoms with Gasteiger partial charge in [0.05, 0.1) is 0 Å². The van der Waals surface area contributed by atoms with Gasteiger partial charge in [0.25, 0.3) is 0 Å². The highest BCUT2D eigenvalue weighted by molar-refractivity contribution is 5.83. The van der Waals surface area contributed by atoms with Crippen LogP contribution in [0.4, 0.5) is 0 Å². The second kappa shape index (κ2) is 5.84. The molecule has 2 heterocycles. The summed E-state index contributed by atoms with van der Waals surface area (Å²) in [5, 5.41) is 3.97.